The summed E-state index contributed by atoms with van der Waals surface area (Å²) in [7, 11) is 0. The minimum atomic E-state index is 0. The van der Waals surface area contributed by atoms with Crippen molar-refractivity contribution >= 4 is 18.2 Å². The Kier molecular flexibility index (Phi) is 6.81. The molecule has 21 heavy (non-hydrogen) atoms. The Hall–Kier alpha value is -0.280. The third-order valence-corrected chi connectivity index (χ3v) is 5.45. The predicted octanol–water partition coefficient (Wildman–Crippen LogP) is 3.82. The topological polar surface area (TPSA) is 36.4 Å². The van der Waals surface area contributed by atoms with Crippen LogP contribution in [0.5, 0.6) is 0 Å². The highest BCUT2D eigenvalue weighted by molar-refractivity contribution is 5.92. The van der Waals surface area contributed by atoms with E-state index in [2.05, 4.69) is 10.6 Å². The van der Waals surface area contributed by atoms with Crippen molar-refractivity contribution in [3.05, 3.63) is 0 Å². The normalized spacial score (nSPS) is 27.1. The van der Waals surface area contributed by atoms with Gasteiger partial charge in [0.1, 0.15) is 5.84 Å². The molecule has 0 aromatic rings. The van der Waals surface area contributed by atoms with Gasteiger partial charge in [-0.15, -0.1) is 12.4 Å². The molecular formula is C17H32ClN3. The molecule has 0 radical (unpaired) electrons. The van der Waals surface area contributed by atoms with Crippen LogP contribution in [0.4, 0.5) is 0 Å². The Bertz CT molecular complexity index is 327. The van der Waals surface area contributed by atoms with Gasteiger partial charge in [-0.05, 0) is 25.7 Å². The lowest BCUT2D eigenvalue weighted by Gasteiger charge is -2.40. The first-order valence-corrected chi connectivity index (χ1v) is 8.96. The van der Waals surface area contributed by atoms with Gasteiger partial charge in [0.15, 0.2) is 0 Å². The zero-order valence-electron chi connectivity index (χ0n) is 13.3. The molecule has 0 aromatic heterocycles. The largest absolute Gasteiger partial charge is 0.370 e. The van der Waals surface area contributed by atoms with E-state index in [0.717, 1.165) is 13.1 Å². The second-order valence-electron chi connectivity index (χ2n) is 6.99. The Labute approximate surface area is 136 Å². The molecule has 1 spiro atoms. The first-order chi connectivity index (χ1) is 9.89. The van der Waals surface area contributed by atoms with Gasteiger partial charge in [-0.2, -0.15) is 0 Å². The van der Waals surface area contributed by atoms with E-state index in [0.29, 0.717) is 6.04 Å². The summed E-state index contributed by atoms with van der Waals surface area (Å²) in [6.45, 7) is 2.02. The zero-order chi connectivity index (χ0) is 13.7. The van der Waals surface area contributed by atoms with E-state index < -0.39 is 0 Å². The van der Waals surface area contributed by atoms with E-state index in [1.165, 1.54) is 82.9 Å². The molecule has 122 valence electrons. The molecule has 2 N–H and O–H groups in total. The van der Waals surface area contributed by atoms with Gasteiger partial charge in [0.25, 0.3) is 0 Å². The summed E-state index contributed by atoms with van der Waals surface area (Å²) in [4.78, 5) is 4.92. The zero-order valence-corrected chi connectivity index (χ0v) is 14.1. The summed E-state index contributed by atoms with van der Waals surface area (Å²) in [5.74, 6) is 1.32. The van der Waals surface area contributed by atoms with Crippen molar-refractivity contribution in [2.75, 3.05) is 13.1 Å². The second-order valence-corrected chi connectivity index (χ2v) is 6.99. The van der Waals surface area contributed by atoms with Crippen molar-refractivity contribution in [2.45, 2.75) is 88.6 Å². The van der Waals surface area contributed by atoms with Crippen LogP contribution in [-0.4, -0.2) is 30.5 Å². The lowest BCUT2D eigenvalue weighted by Crippen LogP contribution is -2.61. The van der Waals surface area contributed by atoms with Crippen molar-refractivity contribution in [1.29, 1.82) is 0 Å². The SMILES string of the molecule is C1CCCC(NC2=NCCNC23CCCCCC3)CC1.Cl. The van der Waals surface area contributed by atoms with E-state index in [9.17, 15) is 0 Å². The fraction of sp³-hybridized carbons (Fsp3) is 0.941. The molecule has 1 aliphatic heterocycles. The highest BCUT2D eigenvalue weighted by Gasteiger charge is 2.38. The number of hydrogen-bond donors (Lipinski definition) is 2. The molecule has 0 saturated heterocycles. The molecule has 0 atom stereocenters. The van der Waals surface area contributed by atoms with Crippen molar-refractivity contribution in [3.63, 3.8) is 0 Å². The molecule has 2 aliphatic carbocycles. The van der Waals surface area contributed by atoms with Gasteiger partial charge in [0, 0.05) is 12.6 Å². The Morgan fingerprint density at radius 1 is 0.905 bits per heavy atom. The number of hydrogen-bond acceptors (Lipinski definition) is 3. The highest BCUT2D eigenvalue weighted by Crippen LogP contribution is 2.30. The number of rotatable bonds is 1. The summed E-state index contributed by atoms with van der Waals surface area (Å²) >= 11 is 0. The quantitative estimate of drug-likeness (QED) is 0.722. The van der Waals surface area contributed by atoms with Crippen LogP contribution in [0.25, 0.3) is 0 Å². The summed E-state index contributed by atoms with van der Waals surface area (Å²) in [6, 6.07) is 0.677. The van der Waals surface area contributed by atoms with E-state index >= 15 is 0 Å². The number of nitrogens with zero attached hydrogens (tertiary/aromatic N) is 1. The number of halogens is 1. The van der Waals surface area contributed by atoms with Crippen molar-refractivity contribution in [2.24, 2.45) is 4.99 Å². The van der Waals surface area contributed by atoms with Crippen LogP contribution in [0, 0.1) is 0 Å². The Morgan fingerprint density at radius 3 is 2.19 bits per heavy atom. The molecule has 0 bridgehead atoms. The molecule has 3 aliphatic rings. The molecule has 1 heterocycles. The maximum absolute atomic E-state index is 4.92. The molecular weight excluding hydrogens is 282 g/mol. The monoisotopic (exact) mass is 313 g/mol. The van der Waals surface area contributed by atoms with Crippen LogP contribution in [-0.2, 0) is 0 Å². The smallest absolute Gasteiger partial charge is 0.117 e. The Morgan fingerprint density at radius 2 is 1.52 bits per heavy atom. The maximum Gasteiger partial charge on any atom is 0.117 e. The van der Waals surface area contributed by atoms with Gasteiger partial charge in [0.2, 0.25) is 0 Å². The van der Waals surface area contributed by atoms with Crippen LogP contribution in [0.15, 0.2) is 4.99 Å². The van der Waals surface area contributed by atoms with Crippen LogP contribution in [0.1, 0.15) is 77.0 Å². The van der Waals surface area contributed by atoms with Gasteiger partial charge >= 0.3 is 0 Å². The summed E-state index contributed by atoms with van der Waals surface area (Å²) in [5, 5.41) is 7.71. The summed E-state index contributed by atoms with van der Waals surface area (Å²) in [5.41, 5.74) is 0.195. The fourth-order valence-electron chi connectivity index (χ4n) is 4.24. The minimum absolute atomic E-state index is 0. The lowest BCUT2D eigenvalue weighted by molar-refractivity contribution is 0.355. The molecule has 4 heteroatoms. The first-order valence-electron chi connectivity index (χ1n) is 8.96. The number of aliphatic imine (C=N–C) groups is 1. The third kappa shape index (κ3) is 4.35. The molecule has 2 fully saturated rings. The van der Waals surface area contributed by atoms with E-state index in [-0.39, 0.29) is 17.9 Å². The van der Waals surface area contributed by atoms with Gasteiger partial charge in [-0.3, -0.25) is 4.99 Å². The second kappa shape index (κ2) is 8.38. The van der Waals surface area contributed by atoms with Gasteiger partial charge in [0.05, 0.1) is 12.1 Å². The third-order valence-electron chi connectivity index (χ3n) is 5.45. The fourth-order valence-corrected chi connectivity index (χ4v) is 4.24. The molecule has 0 unspecified atom stereocenters. The van der Waals surface area contributed by atoms with E-state index in [4.69, 9.17) is 4.99 Å². The average molecular weight is 314 g/mol. The van der Waals surface area contributed by atoms with Gasteiger partial charge < -0.3 is 10.6 Å². The standard InChI is InChI=1S/C17H31N3.ClH/c1-2-6-10-15(9-5-1)20-16-17(19-14-13-18-16)11-7-3-4-8-12-17;/h15,19H,1-14H2,(H,18,20);1H. The molecule has 3 nitrogen and oxygen atoms in total. The molecule has 0 amide bonds. The van der Waals surface area contributed by atoms with Crippen LogP contribution < -0.4 is 10.6 Å². The molecule has 3 rings (SSSR count). The lowest BCUT2D eigenvalue weighted by atomic mass is 9.86. The van der Waals surface area contributed by atoms with E-state index in [1.54, 1.807) is 0 Å². The highest BCUT2D eigenvalue weighted by atomic mass is 35.5. The van der Waals surface area contributed by atoms with Gasteiger partial charge in [-0.25, -0.2) is 0 Å². The summed E-state index contributed by atoms with van der Waals surface area (Å²) < 4.78 is 0. The number of nitrogens with one attached hydrogen (secondary N) is 2. The average Bonchev–Trinajstić information content (AvgIpc) is 2.85. The van der Waals surface area contributed by atoms with Crippen LogP contribution in [0.3, 0.4) is 0 Å². The maximum atomic E-state index is 4.92. The minimum Gasteiger partial charge on any atom is -0.370 e. The number of amidine groups is 1. The Balaban J connectivity index is 0.00000161. The van der Waals surface area contributed by atoms with Gasteiger partial charge in [-0.1, -0.05) is 51.4 Å². The first kappa shape index (κ1) is 17.1. The molecule has 0 aromatic carbocycles. The van der Waals surface area contributed by atoms with Crippen molar-refractivity contribution in [1.82, 2.24) is 10.6 Å². The van der Waals surface area contributed by atoms with Crippen molar-refractivity contribution in [3.8, 4) is 0 Å². The van der Waals surface area contributed by atoms with E-state index in [1.807, 2.05) is 0 Å². The van der Waals surface area contributed by atoms with Crippen LogP contribution in [0.2, 0.25) is 0 Å². The van der Waals surface area contributed by atoms with Crippen molar-refractivity contribution < 1.29 is 0 Å². The predicted molar refractivity (Wildman–Crippen MR) is 92.6 cm³/mol. The van der Waals surface area contributed by atoms with Crippen LogP contribution >= 0.6 is 12.4 Å². The summed E-state index contributed by atoms with van der Waals surface area (Å²) in [6.07, 6.45) is 16.4. The molecule has 2 saturated carbocycles.